The van der Waals surface area contributed by atoms with Crippen molar-refractivity contribution in [2.75, 3.05) is 19.6 Å². The number of aryl methyl sites for hydroxylation is 1. The number of piperazine rings is 1. The summed E-state index contributed by atoms with van der Waals surface area (Å²) in [5.74, 6) is 0.0200. The molecular weight excluding hydrogens is 290 g/mol. The van der Waals surface area contributed by atoms with E-state index in [-0.39, 0.29) is 24.4 Å². The summed E-state index contributed by atoms with van der Waals surface area (Å²) in [7, 11) is 0. The lowest BCUT2D eigenvalue weighted by atomic mass is 10.0. The molecule has 1 aliphatic rings. The Labute approximate surface area is 129 Å². The van der Waals surface area contributed by atoms with Crippen molar-refractivity contribution in [2.45, 2.75) is 13.0 Å². The van der Waals surface area contributed by atoms with Crippen LogP contribution >= 0.6 is 12.4 Å². The van der Waals surface area contributed by atoms with Crippen molar-refractivity contribution in [1.29, 1.82) is 0 Å². The zero-order chi connectivity index (χ0) is 13.9. The van der Waals surface area contributed by atoms with Gasteiger partial charge in [-0.25, -0.2) is 0 Å². The van der Waals surface area contributed by atoms with E-state index in [4.69, 9.17) is 0 Å². The number of amides is 1. The molecule has 112 valence electrons. The quantitative estimate of drug-likeness (QED) is 0.877. The van der Waals surface area contributed by atoms with Crippen LogP contribution in [0, 0.1) is 6.92 Å². The van der Waals surface area contributed by atoms with E-state index in [2.05, 4.69) is 20.5 Å². The van der Waals surface area contributed by atoms with Gasteiger partial charge in [-0.05, 0) is 18.6 Å². The van der Waals surface area contributed by atoms with Crippen molar-refractivity contribution in [3.05, 3.63) is 47.5 Å². The highest BCUT2D eigenvalue weighted by atomic mass is 35.5. The molecule has 2 aromatic heterocycles. The van der Waals surface area contributed by atoms with Crippen LogP contribution in [-0.2, 0) is 0 Å². The van der Waals surface area contributed by atoms with E-state index in [1.165, 1.54) is 0 Å². The Balaban J connectivity index is 0.00000161. The Morgan fingerprint density at radius 2 is 2.29 bits per heavy atom. The minimum Gasteiger partial charge on any atom is -0.329 e. The largest absolute Gasteiger partial charge is 0.329 e. The van der Waals surface area contributed by atoms with E-state index in [1.54, 1.807) is 12.4 Å². The molecule has 2 aromatic rings. The number of hydrogen-bond acceptors (Lipinski definition) is 4. The molecule has 6 nitrogen and oxygen atoms in total. The lowest BCUT2D eigenvalue weighted by Crippen LogP contribution is -2.48. The first-order valence-electron chi connectivity index (χ1n) is 6.69. The summed E-state index contributed by atoms with van der Waals surface area (Å²) in [6, 6.07) is 3.92. The summed E-state index contributed by atoms with van der Waals surface area (Å²) in [6.45, 7) is 4.10. The highest BCUT2D eigenvalue weighted by Gasteiger charge is 2.29. The normalized spacial score (nSPS) is 18.1. The van der Waals surface area contributed by atoms with Crippen molar-refractivity contribution in [1.82, 2.24) is 25.4 Å². The molecule has 1 amide bonds. The first-order chi connectivity index (χ1) is 9.77. The second-order valence-corrected chi connectivity index (χ2v) is 4.91. The lowest BCUT2D eigenvalue weighted by Gasteiger charge is -2.36. The number of aromatic amines is 1. The van der Waals surface area contributed by atoms with Gasteiger partial charge < -0.3 is 10.2 Å². The number of aromatic nitrogens is 3. The van der Waals surface area contributed by atoms with Crippen molar-refractivity contribution in [3.8, 4) is 0 Å². The third-order valence-corrected chi connectivity index (χ3v) is 3.63. The second-order valence-electron chi connectivity index (χ2n) is 4.91. The predicted octanol–water partition coefficient (Wildman–Crippen LogP) is 1.32. The first-order valence-corrected chi connectivity index (χ1v) is 6.69. The summed E-state index contributed by atoms with van der Waals surface area (Å²) >= 11 is 0. The average Bonchev–Trinajstić information content (AvgIpc) is 2.93. The lowest BCUT2D eigenvalue weighted by molar-refractivity contribution is 0.0633. The minimum absolute atomic E-state index is 0. The second kappa shape index (κ2) is 6.69. The summed E-state index contributed by atoms with van der Waals surface area (Å²) in [5, 5.41) is 10.1. The summed E-state index contributed by atoms with van der Waals surface area (Å²) < 4.78 is 0. The van der Waals surface area contributed by atoms with Gasteiger partial charge in [0.05, 0.1) is 17.8 Å². The molecule has 0 bridgehead atoms. The van der Waals surface area contributed by atoms with Gasteiger partial charge >= 0.3 is 0 Å². The number of rotatable bonds is 2. The summed E-state index contributed by atoms with van der Waals surface area (Å²) in [4.78, 5) is 18.7. The van der Waals surface area contributed by atoms with Gasteiger partial charge in [-0.1, -0.05) is 6.07 Å². The number of carbonyl (C=O) groups is 1. The summed E-state index contributed by atoms with van der Waals surface area (Å²) in [5.41, 5.74) is 2.49. The molecule has 7 heteroatoms. The molecule has 1 unspecified atom stereocenters. The van der Waals surface area contributed by atoms with E-state index < -0.39 is 0 Å². The van der Waals surface area contributed by atoms with Crippen LogP contribution in [0.25, 0.3) is 0 Å². The molecule has 0 aromatic carbocycles. The van der Waals surface area contributed by atoms with Crippen molar-refractivity contribution >= 4 is 18.3 Å². The minimum atomic E-state index is 0. The maximum Gasteiger partial charge on any atom is 0.257 e. The van der Waals surface area contributed by atoms with Gasteiger partial charge in [0.15, 0.2) is 0 Å². The van der Waals surface area contributed by atoms with Crippen molar-refractivity contribution in [2.24, 2.45) is 0 Å². The number of pyridine rings is 1. The monoisotopic (exact) mass is 307 g/mol. The molecule has 1 atom stereocenters. The molecular formula is C14H18ClN5O. The van der Waals surface area contributed by atoms with E-state index in [0.717, 1.165) is 24.3 Å². The number of halogens is 1. The number of nitrogens with one attached hydrogen (secondary N) is 2. The van der Waals surface area contributed by atoms with Gasteiger partial charge in [0.2, 0.25) is 0 Å². The summed E-state index contributed by atoms with van der Waals surface area (Å²) in [6.07, 6.45) is 5.16. The smallest absolute Gasteiger partial charge is 0.257 e. The molecule has 1 aliphatic heterocycles. The van der Waals surface area contributed by atoms with Crippen LogP contribution in [0.15, 0.2) is 30.7 Å². The Hall–Kier alpha value is -1.92. The number of carbonyl (C=O) groups excluding carboxylic acids is 1. The first kappa shape index (κ1) is 15.5. The Bertz CT molecular complexity index is 600. The van der Waals surface area contributed by atoms with Crippen LogP contribution in [0.4, 0.5) is 0 Å². The van der Waals surface area contributed by atoms with E-state index in [0.29, 0.717) is 12.1 Å². The highest BCUT2D eigenvalue weighted by Crippen LogP contribution is 2.23. The molecule has 3 rings (SSSR count). The number of H-pyrrole nitrogens is 1. The van der Waals surface area contributed by atoms with Crippen molar-refractivity contribution in [3.63, 3.8) is 0 Å². The predicted molar refractivity (Wildman–Crippen MR) is 81.5 cm³/mol. The molecule has 2 N–H and O–H groups in total. The highest BCUT2D eigenvalue weighted by molar-refractivity contribution is 5.95. The standard InChI is InChI=1S/C14H17N5O.ClH/c1-10-12(8-17-18-10)14(20)19-6-5-16-9-13(19)11-3-2-4-15-7-11;/h2-4,7-8,13,16H,5-6,9H2,1H3,(H,17,18);1H. The van der Waals surface area contributed by atoms with Crippen molar-refractivity contribution < 1.29 is 4.79 Å². The molecule has 1 fully saturated rings. The average molecular weight is 308 g/mol. The Kier molecular flexibility index (Phi) is 4.93. The maximum absolute atomic E-state index is 12.7. The zero-order valence-electron chi connectivity index (χ0n) is 11.7. The van der Waals surface area contributed by atoms with Gasteiger partial charge in [0.1, 0.15) is 0 Å². The Morgan fingerprint density at radius 3 is 2.95 bits per heavy atom. The van der Waals surface area contributed by atoms with Crippen LogP contribution in [0.5, 0.6) is 0 Å². The van der Waals surface area contributed by atoms with Crippen LogP contribution in [0.2, 0.25) is 0 Å². The van der Waals surface area contributed by atoms with Gasteiger partial charge in [0.25, 0.3) is 5.91 Å². The molecule has 3 heterocycles. The molecule has 0 spiro atoms. The fourth-order valence-corrected chi connectivity index (χ4v) is 2.54. The van der Waals surface area contributed by atoms with Crippen LogP contribution < -0.4 is 5.32 Å². The SMILES string of the molecule is Cc1[nH]ncc1C(=O)N1CCNCC1c1cccnc1.Cl. The fourth-order valence-electron chi connectivity index (χ4n) is 2.54. The Morgan fingerprint density at radius 1 is 1.43 bits per heavy atom. The third-order valence-electron chi connectivity index (χ3n) is 3.63. The van der Waals surface area contributed by atoms with E-state index in [1.807, 2.05) is 30.2 Å². The third kappa shape index (κ3) is 3.06. The molecule has 0 aliphatic carbocycles. The van der Waals surface area contributed by atoms with Crippen LogP contribution in [0.1, 0.15) is 27.7 Å². The molecule has 1 saturated heterocycles. The van der Waals surface area contributed by atoms with E-state index >= 15 is 0 Å². The van der Waals surface area contributed by atoms with Crippen LogP contribution in [-0.4, -0.2) is 45.6 Å². The maximum atomic E-state index is 12.7. The number of nitrogens with zero attached hydrogens (tertiary/aromatic N) is 3. The van der Waals surface area contributed by atoms with Gasteiger partial charge in [-0.15, -0.1) is 12.4 Å². The number of hydrogen-bond donors (Lipinski definition) is 2. The van der Waals surface area contributed by atoms with E-state index in [9.17, 15) is 4.79 Å². The molecule has 21 heavy (non-hydrogen) atoms. The zero-order valence-corrected chi connectivity index (χ0v) is 12.6. The van der Waals surface area contributed by atoms with Gasteiger partial charge in [-0.2, -0.15) is 5.10 Å². The van der Waals surface area contributed by atoms with Crippen LogP contribution in [0.3, 0.4) is 0 Å². The molecule has 0 saturated carbocycles. The van der Waals surface area contributed by atoms with Gasteiger partial charge in [-0.3, -0.25) is 14.9 Å². The van der Waals surface area contributed by atoms with Gasteiger partial charge in [0, 0.05) is 37.7 Å². The molecule has 0 radical (unpaired) electrons. The fraction of sp³-hybridized carbons (Fsp3) is 0.357. The topological polar surface area (TPSA) is 73.9 Å².